The zero-order valence-electron chi connectivity index (χ0n) is 8.71. The Bertz CT molecular complexity index is 147. The van der Waals surface area contributed by atoms with Gasteiger partial charge in [-0.25, -0.2) is 4.79 Å². The Labute approximate surface area is 79.9 Å². The number of carbonyl (C=O) groups excluding carboxylic acids is 1. The molecular weight excluding hydrogens is 168 g/mol. The van der Waals surface area contributed by atoms with Crippen LogP contribution in [0.5, 0.6) is 0 Å². The molecule has 0 rings (SSSR count). The van der Waals surface area contributed by atoms with Crippen molar-refractivity contribution in [1.82, 2.24) is 10.2 Å². The second-order valence-corrected chi connectivity index (χ2v) is 3.15. The lowest BCUT2D eigenvalue weighted by atomic mass is 10.2. The van der Waals surface area contributed by atoms with Gasteiger partial charge in [-0.15, -0.1) is 0 Å². The van der Waals surface area contributed by atoms with E-state index in [1.165, 1.54) is 0 Å². The third-order valence-electron chi connectivity index (χ3n) is 1.96. The van der Waals surface area contributed by atoms with Gasteiger partial charge in [-0.3, -0.25) is 0 Å². The van der Waals surface area contributed by atoms with Gasteiger partial charge in [0.1, 0.15) is 0 Å². The summed E-state index contributed by atoms with van der Waals surface area (Å²) >= 11 is 0. The minimum atomic E-state index is -0.0506. The highest BCUT2D eigenvalue weighted by molar-refractivity contribution is 5.74. The van der Waals surface area contributed by atoms with Gasteiger partial charge >= 0.3 is 6.03 Å². The second kappa shape index (κ2) is 6.71. The monoisotopic (exact) mass is 188 g/mol. The lowest BCUT2D eigenvalue weighted by molar-refractivity contribution is 0.195. The highest BCUT2D eigenvalue weighted by atomic mass is 16.3. The van der Waals surface area contributed by atoms with E-state index in [2.05, 4.69) is 5.32 Å². The molecule has 0 spiro atoms. The Morgan fingerprint density at radius 1 is 1.46 bits per heavy atom. The summed E-state index contributed by atoms with van der Waals surface area (Å²) in [5, 5.41) is 11.5. The first-order chi connectivity index (χ1) is 6.15. The fourth-order valence-electron chi connectivity index (χ4n) is 0.949. The normalized spacial score (nSPS) is 12.3. The van der Waals surface area contributed by atoms with Crippen molar-refractivity contribution in [2.45, 2.75) is 20.8 Å². The summed E-state index contributed by atoms with van der Waals surface area (Å²) in [6, 6.07) is -0.0506. The van der Waals surface area contributed by atoms with Crippen molar-refractivity contribution in [2.24, 2.45) is 5.92 Å². The first kappa shape index (κ1) is 12.2. The summed E-state index contributed by atoms with van der Waals surface area (Å²) in [7, 11) is 0. The SMILES string of the molecule is CCN(CC)C(=O)NCC(C)CO. The van der Waals surface area contributed by atoms with Crippen molar-refractivity contribution in [1.29, 1.82) is 0 Å². The summed E-state index contributed by atoms with van der Waals surface area (Å²) in [6.45, 7) is 7.86. The standard InChI is InChI=1S/C9H20N2O2/c1-4-11(5-2)9(13)10-6-8(3)7-12/h8,12H,4-7H2,1-3H3,(H,10,13). The average molecular weight is 188 g/mol. The molecule has 0 aromatic rings. The molecule has 0 aliphatic heterocycles. The van der Waals surface area contributed by atoms with Crippen molar-refractivity contribution in [2.75, 3.05) is 26.2 Å². The highest BCUT2D eigenvalue weighted by Gasteiger charge is 2.09. The smallest absolute Gasteiger partial charge is 0.317 e. The van der Waals surface area contributed by atoms with Crippen LogP contribution in [-0.4, -0.2) is 42.3 Å². The van der Waals surface area contributed by atoms with Gasteiger partial charge in [0.15, 0.2) is 0 Å². The minimum Gasteiger partial charge on any atom is -0.396 e. The molecule has 78 valence electrons. The van der Waals surface area contributed by atoms with E-state index in [4.69, 9.17) is 5.11 Å². The third-order valence-corrected chi connectivity index (χ3v) is 1.96. The van der Waals surface area contributed by atoms with Gasteiger partial charge in [0.05, 0.1) is 0 Å². The van der Waals surface area contributed by atoms with Crippen molar-refractivity contribution >= 4 is 6.03 Å². The fourth-order valence-corrected chi connectivity index (χ4v) is 0.949. The molecule has 0 saturated carbocycles. The molecule has 0 aliphatic carbocycles. The maximum Gasteiger partial charge on any atom is 0.317 e. The van der Waals surface area contributed by atoms with Gasteiger partial charge in [0.2, 0.25) is 0 Å². The zero-order chi connectivity index (χ0) is 10.3. The van der Waals surface area contributed by atoms with Crippen LogP contribution in [0.1, 0.15) is 20.8 Å². The maximum absolute atomic E-state index is 11.4. The van der Waals surface area contributed by atoms with Crippen LogP contribution in [0, 0.1) is 5.92 Å². The van der Waals surface area contributed by atoms with Gasteiger partial charge in [-0.1, -0.05) is 6.92 Å². The number of carbonyl (C=O) groups is 1. The minimum absolute atomic E-state index is 0.0506. The van der Waals surface area contributed by atoms with Gasteiger partial charge in [0, 0.05) is 26.2 Å². The van der Waals surface area contributed by atoms with E-state index >= 15 is 0 Å². The number of nitrogens with one attached hydrogen (secondary N) is 1. The Hall–Kier alpha value is -0.770. The molecule has 0 radical (unpaired) electrons. The van der Waals surface area contributed by atoms with Crippen LogP contribution < -0.4 is 5.32 Å². The number of urea groups is 1. The summed E-state index contributed by atoms with van der Waals surface area (Å²) < 4.78 is 0. The van der Waals surface area contributed by atoms with Crippen molar-refractivity contribution in [3.63, 3.8) is 0 Å². The molecule has 13 heavy (non-hydrogen) atoms. The van der Waals surface area contributed by atoms with E-state index in [1.54, 1.807) is 4.90 Å². The number of hydrogen-bond donors (Lipinski definition) is 2. The van der Waals surface area contributed by atoms with Crippen molar-refractivity contribution in [3.8, 4) is 0 Å². The van der Waals surface area contributed by atoms with E-state index in [1.807, 2.05) is 20.8 Å². The number of amides is 2. The maximum atomic E-state index is 11.4. The molecule has 1 atom stereocenters. The van der Waals surface area contributed by atoms with E-state index in [0.29, 0.717) is 6.54 Å². The second-order valence-electron chi connectivity index (χ2n) is 3.15. The Balaban J connectivity index is 3.72. The molecule has 0 fully saturated rings. The first-order valence-electron chi connectivity index (χ1n) is 4.79. The molecule has 0 aromatic carbocycles. The van der Waals surface area contributed by atoms with Crippen LogP contribution in [-0.2, 0) is 0 Å². The number of aliphatic hydroxyl groups is 1. The van der Waals surface area contributed by atoms with Crippen LogP contribution in [0.15, 0.2) is 0 Å². The number of hydrogen-bond acceptors (Lipinski definition) is 2. The molecule has 2 N–H and O–H groups in total. The summed E-state index contributed by atoms with van der Waals surface area (Å²) in [4.78, 5) is 13.1. The fraction of sp³-hybridized carbons (Fsp3) is 0.889. The van der Waals surface area contributed by atoms with Crippen molar-refractivity contribution in [3.05, 3.63) is 0 Å². The van der Waals surface area contributed by atoms with Crippen molar-refractivity contribution < 1.29 is 9.90 Å². The number of aliphatic hydroxyl groups excluding tert-OH is 1. The molecule has 0 aromatic heterocycles. The molecule has 2 amide bonds. The topological polar surface area (TPSA) is 52.6 Å². The summed E-state index contributed by atoms with van der Waals surface area (Å²) in [5.41, 5.74) is 0. The Morgan fingerprint density at radius 3 is 2.38 bits per heavy atom. The highest BCUT2D eigenvalue weighted by Crippen LogP contribution is 1.92. The molecule has 0 aliphatic rings. The molecule has 1 unspecified atom stereocenters. The Morgan fingerprint density at radius 2 is 2.00 bits per heavy atom. The van der Waals surface area contributed by atoms with Crippen LogP contribution in [0.3, 0.4) is 0 Å². The number of nitrogens with zero attached hydrogens (tertiary/aromatic N) is 1. The number of rotatable bonds is 5. The Kier molecular flexibility index (Phi) is 6.32. The van der Waals surface area contributed by atoms with Gasteiger partial charge in [0.25, 0.3) is 0 Å². The van der Waals surface area contributed by atoms with Crippen LogP contribution >= 0.6 is 0 Å². The van der Waals surface area contributed by atoms with Gasteiger partial charge in [-0.2, -0.15) is 0 Å². The van der Waals surface area contributed by atoms with Crippen LogP contribution in [0.25, 0.3) is 0 Å². The lowest BCUT2D eigenvalue weighted by Gasteiger charge is -2.20. The summed E-state index contributed by atoms with van der Waals surface area (Å²) in [5.74, 6) is 0.125. The molecule has 0 heterocycles. The predicted octanol–water partition coefficient (Wildman–Crippen LogP) is 0.666. The largest absolute Gasteiger partial charge is 0.396 e. The summed E-state index contributed by atoms with van der Waals surface area (Å²) in [6.07, 6.45) is 0. The average Bonchev–Trinajstić information content (AvgIpc) is 2.16. The zero-order valence-corrected chi connectivity index (χ0v) is 8.71. The predicted molar refractivity (Wildman–Crippen MR) is 52.6 cm³/mol. The lowest BCUT2D eigenvalue weighted by Crippen LogP contribution is -2.41. The first-order valence-corrected chi connectivity index (χ1v) is 4.79. The molecule has 0 bridgehead atoms. The quantitative estimate of drug-likeness (QED) is 0.666. The van der Waals surface area contributed by atoms with E-state index in [0.717, 1.165) is 13.1 Å². The van der Waals surface area contributed by atoms with E-state index in [9.17, 15) is 4.79 Å². The van der Waals surface area contributed by atoms with E-state index < -0.39 is 0 Å². The van der Waals surface area contributed by atoms with E-state index in [-0.39, 0.29) is 18.6 Å². The van der Waals surface area contributed by atoms with Crippen LogP contribution in [0.4, 0.5) is 4.79 Å². The third kappa shape index (κ3) is 4.72. The van der Waals surface area contributed by atoms with Gasteiger partial charge < -0.3 is 15.3 Å². The molecule has 4 heteroatoms. The molecular formula is C9H20N2O2. The van der Waals surface area contributed by atoms with Crippen LogP contribution in [0.2, 0.25) is 0 Å². The molecule has 4 nitrogen and oxygen atoms in total. The molecule has 0 saturated heterocycles. The van der Waals surface area contributed by atoms with Gasteiger partial charge in [-0.05, 0) is 19.8 Å².